The molecule has 0 saturated carbocycles. The van der Waals surface area contributed by atoms with Crippen LogP contribution in [0, 0.1) is 0 Å². The summed E-state index contributed by atoms with van der Waals surface area (Å²) in [6, 6.07) is 29.2. The zero-order chi connectivity index (χ0) is 39.5. The summed E-state index contributed by atoms with van der Waals surface area (Å²) in [4.78, 5) is 36.8. The van der Waals surface area contributed by atoms with Gasteiger partial charge in [0, 0.05) is 90.7 Å². The van der Waals surface area contributed by atoms with Crippen LogP contribution in [0.4, 0.5) is 11.4 Å². The Hall–Kier alpha value is -6.04. The number of aryl methyl sites for hydroxylation is 1. The number of morpholine rings is 1. The molecule has 58 heavy (non-hydrogen) atoms. The Morgan fingerprint density at radius 3 is 2.48 bits per heavy atom. The van der Waals surface area contributed by atoms with Gasteiger partial charge in [-0.3, -0.25) is 19.4 Å². The highest BCUT2D eigenvalue weighted by Gasteiger charge is 2.37. The minimum absolute atomic E-state index is 0.0552. The lowest BCUT2D eigenvalue weighted by atomic mass is 9.91. The van der Waals surface area contributed by atoms with Crippen molar-refractivity contribution in [2.75, 3.05) is 38.0 Å². The van der Waals surface area contributed by atoms with Crippen LogP contribution in [0.3, 0.4) is 0 Å². The van der Waals surface area contributed by atoms with Crippen molar-refractivity contribution in [1.29, 1.82) is 0 Å². The minimum Gasteiger partial charge on any atom is -0.508 e. The van der Waals surface area contributed by atoms with E-state index in [2.05, 4.69) is 39.2 Å². The minimum atomic E-state index is -0.182. The van der Waals surface area contributed by atoms with Crippen molar-refractivity contribution in [2.24, 2.45) is 7.05 Å². The molecule has 2 amide bonds. The van der Waals surface area contributed by atoms with E-state index >= 15 is 9.59 Å². The Kier molecular flexibility index (Phi) is 9.21. The quantitative estimate of drug-likeness (QED) is 0.178. The largest absolute Gasteiger partial charge is 0.508 e. The third kappa shape index (κ3) is 6.38. The van der Waals surface area contributed by atoms with E-state index < -0.39 is 0 Å². The first-order valence-electron chi connectivity index (χ1n) is 20.4. The highest BCUT2D eigenvalue weighted by Crippen LogP contribution is 2.43. The van der Waals surface area contributed by atoms with Gasteiger partial charge in [0.1, 0.15) is 5.75 Å². The molecule has 6 heterocycles. The number of hydrogen-bond donors (Lipinski definition) is 1. The number of benzene rings is 4. The van der Waals surface area contributed by atoms with Crippen molar-refractivity contribution in [2.45, 2.75) is 57.8 Å². The molecule has 1 N–H and O–H groups in total. The van der Waals surface area contributed by atoms with Gasteiger partial charge in [-0.25, -0.2) is 0 Å². The number of hydrogen-bond acceptors (Lipinski definition) is 7. The van der Waals surface area contributed by atoms with Crippen LogP contribution in [0.2, 0.25) is 0 Å². The van der Waals surface area contributed by atoms with Gasteiger partial charge < -0.3 is 33.4 Å². The van der Waals surface area contributed by atoms with Gasteiger partial charge in [0.25, 0.3) is 11.8 Å². The third-order valence-corrected chi connectivity index (χ3v) is 12.5. The average Bonchev–Trinajstić information content (AvgIpc) is 3.98. The molecule has 0 radical (unpaired) electrons. The fraction of sp³-hybridized carbons (Fsp3) is 0.319. The highest BCUT2D eigenvalue weighted by atomic mass is 16.7. The van der Waals surface area contributed by atoms with Gasteiger partial charge in [-0.15, -0.1) is 0 Å². The van der Waals surface area contributed by atoms with Gasteiger partial charge in [-0.1, -0.05) is 24.3 Å². The number of aromatic hydroxyl groups is 1. The molecular formula is C47H47N5O6. The Bertz CT molecular complexity index is 2560. The molecule has 11 heteroatoms. The Balaban J connectivity index is 1.09. The topological polar surface area (TPSA) is 102 Å². The van der Waals surface area contributed by atoms with Gasteiger partial charge in [0.05, 0.1) is 24.3 Å². The maximum atomic E-state index is 15.3. The highest BCUT2D eigenvalue weighted by molar-refractivity contribution is 6.13. The van der Waals surface area contributed by atoms with Crippen LogP contribution in [0.5, 0.6) is 17.2 Å². The van der Waals surface area contributed by atoms with Crippen molar-refractivity contribution < 1.29 is 28.9 Å². The van der Waals surface area contributed by atoms with Gasteiger partial charge in [-0.2, -0.15) is 0 Å². The van der Waals surface area contributed by atoms with E-state index in [0.29, 0.717) is 54.6 Å². The molecule has 10 rings (SSSR count). The van der Waals surface area contributed by atoms with E-state index in [4.69, 9.17) is 14.2 Å². The number of phenols is 1. The first kappa shape index (κ1) is 36.3. The van der Waals surface area contributed by atoms with Gasteiger partial charge in [0.15, 0.2) is 11.5 Å². The molecule has 0 unspecified atom stereocenters. The Labute approximate surface area is 337 Å². The standard InChI is InChI=1S/C47H47N5O6/c1-30-28-56-20-19-49(30)27-36-21-31-7-3-4-8-33(31)26-51(36)46(54)39-25-45-44(57-29-58-45)24-38(39)43-23-40(42-9-5-6-17-50(42)43)47(55)52(34-10-13-37(53)14-11-34)35-12-15-41-32(22-35)16-18-48(41)2/h3-4,7-8,10-16,18,22-25,30,36,53H,5-6,9,17,19-21,26-29H2,1-2H3/t30-,36-/m0/s1. The fourth-order valence-corrected chi connectivity index (χ4v) is 9.38. The van der Waals surface area contributed by atoms with Gasteiger partial charge in [0.2, 0.25) is 6.79 Å². The number of nitrogens with zero attached hydrogens (tertiary/aromatic N) is 5. The molecule has 296 valence electrons. The van der Waals surface area contributed by atoms with Crippen LogP contribution in [0.25, 0.3) is 22.2 Å². The molecule has 1 saturated heterocycles. The number of fused-ring (bicyclic) bond motifs is 4. The summed E-state index contributed by atoms with van der Waals surface area (Å²) in [6.45, 7) is 6.39. The normalized spacial score (nSPS) is 18.9. The van der Waals surface area contributed by atoms with Crippen LogP contribution in [-0.2, 0) is 37.7 Å². The molecular weight excluding hydrogens is 731 g/mol. The first-order chi connectivity index (χ1) is 28.3. The zero-order valence-corrected chi connectivity index (χ0v) is 32.9. The number of rotatable bonds is 7. The third-order valence-electron chi connectivity index (χ3n) is 12.5. The summed E-state index contributed by atoms with van der Waals surface area (Å²) >= 11 is 0. The van der Waals surface area contributed by atoms with Gasteiger partial charge >= 0.3 is 0 Å². The Morgan fingerprint density at radius 2 is 1.66 bits per heavy atom. The summed E-state index contributed by atoms with van der Waals surface area (Å²) < 4.78 is 21.9. The zero-order valence-electron chi connectivity index (χ0n) is 32.9. The maximum absolute atomic E-state index is 15.3. The lowest BCUT2D eigenvalue weighted by Gasteiger charge is -2.42. The Morgan fingerprint density at radius 1 is 0.862 bits per heavy atom. The predicted molar refractivity (Wildman–Crippen MR) is 222 cm³/mol. The molecule has 0 aliphatic carbocycles. The summed E-state index contributed by atoms with van der Waals surface area (Å²) in [5.41, 5.74) is 8.42. The molecule has 2 atom stereocenters. The lowest BCUT2D eigenvalue weighted by molar-refractivity contribution is -0.0136. The number of anilines is 2. The summed E-state index contributed by atoms with van der Waals surface area (Å²) in [5.74, 6) is 0.987. The molecule has 0 bridgehead atoms. The second-order valence-electron chi connectivity index (χ2n) is 16.1. The second-order valence-corrected chi connectivity index (χ2v) is 16.1. The molecule has 11 nitrogen and oxygen atoms in total. The smallest absolute Gasteiger partial charge is 0.264 e. The number of carbonyl (C=O) groups is 2. The SMILES string of the molecule is C[C@H]1COCCN1C[C@@H]1Cc2ccccc2CN1C(=O)c1cc2c(cc1-c1cc(C(=O)N(c3ccc(O)cc3)c3ccc4c(ccn4C)c3)c3n1CCCC3)OCO2. The molecule has 6 aromatic rings. The summed E-state index contributed by atoms with van der Waals surface area (Å²) in [7, 11) is 2.00. The number of aromatic nitrogens is 2. The first-order valence-corrected chi connectivity index (χ1v) is 20.4. The maximum Gasteiger partial charge on any atom is 0.264 e. The van der Waals surface area contributed by atoms with E-state index in [9.17, 15) is 5.11 Å². The summed E-state index contributed by atoms with van der Waals surface area (Å²) in [5, 5.41) is 11.2. The molecule has 2 aromatic heterocycles. The fourth-order valence-electron chi connectivity index (χ4n) is 9.38. The van der Waals surface area contributed by atoms with Crippen molar-refractivity contribution in [3.8, 4) is 28.5 Å². The van der Waals surface area contributed by atoms with Crippen LogP contribution >= 0.6 is 0 Å². The second kappa shape index (κ2) is 14.7. The van der Waals surface area contributed by atoms with Crippen molar-refractivity contribution in [3.05, 3.63) is 125 Å². The molecule has 4 aliphatic heterocycles. The van der Waals surface area contributed by atoms with E-state index in [1.54, 1.807) is 29.2 Å². The van der Waals surface area contributed by atoms with E-state index in [-0.39, 0.29) is 36.4 Å². The molecule has 4 aromatic carbocycles. The average molecular weight is 778 g/mol. The van der Waals surface area contributed by atoms with E-state index in [1.165, 1.54) is 5.56 Å². The summed E-state index contributed by atoms with van der Waals surface area (Å²) in [6.07, 6.45) is 5.38. The predicted octanol–water partition coefficient (Wildman–Crippen LogP) is 7.68. The van der Waals surface area contributed by atoms with Crippen LogP contribution in [0.1, 0.15) is 57.3 Å². The molecule has 1 fully saturated rings. The number of ether oxygens (including phenoxy) is 3. The van der Waals surface area contributed by atoms with Crippen molar-refractivity contribution in [3.63, 3.8) is 0 Å². The van der Waals surface area contributed by atoms with Gasteiger partial charge in [-0.05, 0) is 110 Å². The van der Waals surface area contributed by atoms with Crippen molar-refractivity contribution in [1.82, 2.24) is 18.9 Å². The monoisotopic (exact) mass is 777 g/mol. The lowest BCUT2D eigenvalue weighted by Crippen LogP contribution is -2.54. The van der Waals surface area contributed by atoms with Crippen LogP contribution in [0.15, 0.2) is 97.2 Å². The van der Waals surface area contributed by atoms with Crippen LogP contribution in [-0.4, -0.2) is 81.0 Å². The number of carbonyl (C=O) groups excluding carboxylic acids is 2. The van der Waals surface area contributed by atoms with E-state index in [1.807, 2.05) is 66.7 Å². The number of phenolic OH excluding ortho intramolecular Hbond substituents is 1. The molecule has 0 spiro atoms. The van der Waals surface area contributed by atoms with Crippen LogP contribution < -0.4 is 14.4 Å². The number of amides is 2. The van der Waals surface area contributed by atoms with E-state index in [0.717, 1.165) is 77.9 Å². The molecule has 4 aliphatic rings. The van der Waals surface area contributed by atoms with Crippen molar-refractivity contribution >= 4 is 34.1 Å².